The monoisotopic (exact) mass is 350 g/mol. The minimum Gasteiger partial charge on any atom is -0.486 e. The van der Waals surface area contributed by atoms with Gasteiger partial charge in [0.25, 0.3) is 0 Å². The zero-order valence-corrected chi connectivity index (χ0v) is 16.5. The zero-order chi connectivity index (χ0) is 18.1. The van der Waals surface area contributed by atoms with E-state index in [4.69, 9.17) is 9.16 Å². The molecule has 1 aromatic carbocycles. The van der Waals surface area contributed by atoms with Crippen LogP contribution in [0.4, 0.5) is 4.39 Å². The molecular formula is C19H27FO3Si. The summed E-state index contributed by atoms with van der Waals surface area (Å²) in [4.78, 5) is 11.0. The maximum Gasteiger partial charge on any atom is 0.192 e. The Morgan fingerprint density at radius 2 is 1.96 bits per heavy atom. The summed E-state index contributed by atoms with van der Waals surface area (Å²) in [6, 6.07) is 3.15. The molecular weight excluding hydrogens is 323 g/mol. The van der Waals surface area contributed by atoms with Gasteiger partial charge in [0.05, 0.1) is 6.61 Å². The Morgan fingerprint density at radius 3 is 2.54 bits per heavy atom. The van der Waals surface area contributed by atoms with Gasteiger partial charge < -0.3 is 9.16 Å². The SMILES string of the molecule is CC(=O)COc1cc(F)c2c(c1)C=C(CO[Si](C)(C)C(C)(C)C)C2. The van der Waals surface area contributed by atoms with E-state index in [1.165, 1.54) is 13.0 Å². The number of carbonyl (C=O) groups is 1. The molecule has 0 spiro atoms. The maximum atomic E-state index is 14.3. The molecule has 3 nitrogen and oxygen atoms in total. The van der Waals surface area contributed by atoms with Crippen LogP contribution < -0.4 is 4.74 Å². The summed E-state index contributed by atoms with van der Waals surface area (Å²) < 4.78 is 25.8. The lowest BCUT2D eigenvalue weighted by atomic mass is 10.1. The Balaban J connectivity index is 2.09. The second kappa shape index (κ2) is 6.80. The Kier molecular flexibility index (Phi) is 5.35. The van der Waals surface area contributed by atoms with Crippen molar-refractivity contribution in [2.75, 3.05) is 13.2 Å². The Morgan fingerprint density at radius 1 is 1.29 bits per heavy atom. The lowest BCUT2D eigenvalue weighted by Crippen LogP contribution is -2.41. The van der Waals surface area contributed by atoms with Crippen molar-refractivity contribution in [2.24, 2.45) is 0 Å². The standard InChI is InChI=1S/C19H27FO3Si/c1-13(21)11-22-16-9-15-7-14(8-17(15)18(20)10-16)12-23-24(5,6)19(2,3)4/h7,9-10H,8,11-12H2,1-6H3. The van der Waals surface area contributed by atoms with Crippen molar-refractivity contribution in [2.45, 2.75) is 52.2 Å². The fraction of sp³-hybridized carbons (Fsp3) is 0.526. The van der Waals surface area contributed by atoms with Gasteiger partial charge in [-0.2, -0.15) is 0 Å². The molecule has 5 heteroatoms. The lowest BCUT2D eigenvalue weighted by molar-refractivity contribution is -0.118. The highest BCUT2D eigenvalue weighted by Crippen LogP contribution is 2.38. The first-order chi connectivity index (χ1) is 11.0. The molecule has 0 heterocycles. The first-order valence-corrected chi connectivity index (χ1v) is 11.2. The first-order valence-electron chi connectivity index (χ1n) is 8.27. The molecule has 0 saturated carbocycles. The van der Waals surface area contributed by atoms with Gasteiger partial charge in [-0.05, 0) is 54.2 Å². The summed E-state index contributed by atoms with van der Waals surface area (Å²) in [5.74, 6) is 0.0174. The molecule has 24 heavy (non-hydrogen) atoms. The highest BCUT2D eigenvalue weighted by molar-refractivity contribution is 6.74. The molecule has 1 aliphatic rings. The van der Waals surface area contributed by atoms with Gasteiger partial charge in [0, 0.05) is 6.07 Å². The van der Waals surface area contributed by atoms with Gasteiger partial charge in [0.2, 0.25) is 0 Å². The van der Waals surface area contributed by atoms with Gasteiger partial charge >= 0.3 is 0 Å². The molecule has 0 unspecified atom stereocenters. The normalized spacial score (nSPS) is 14.4. The Bertz CT molecular complexity index is 672. The van der Waals surface area contributed by atoms with Gasteiger partial charge in [0.1, 0.15) is 18.2 Å². The third-order valence-electron chi connectivity index (χ3n) is 4.83. The maximum absolute atomic E-state index is 14.3. The predicted molar refractivity (Wildman–Crippen MR) is 97.4 cm³/mol. The van der Waals surface area contributed by atoms with Crippen molar-refractivity contribution < 1.29 is 18.3 Å². The van der Waals surface area contributed by atoms with Crippen molar-refractivity contribution in [3.05, 3.63) is 34.6 Å². The van der Waals surface area contributed by atoms with Crippen LogP contribution in [0.3, 0.4) is 0 Å². The number of halogens is 1. The van der Waals surface area contributed by atoms with Crippen LogP contribution in [0.2, 0.25) is 18.1 Å². The van der Waals surface area contributed by atoms with E-state index in [1.807, 2.05) is 6.08 Å². The van der Waals surface area contributed by atoms with Crippen LogP contribution in [-0.2, 0) is 15.6 Å². The molecule has 0 aromatic heterocycles. The summed E-state index contributed by atoms with van der Waals surface area (Å²) in [7, 11) is -1.82. The fourth-order valence-electron chi connectivity index (χ4n) is 2.30. The van der Waals surface area contributed by atoms with Gasteiger partial charge in [-0.3, -0.25) is 4.79 Å². The van der Waals surface area contributed by atoms with E-state index >= 15 is 0 Å². The minimum absolute atomic E-state index is 0.0384. The molecule has 0 saturated heterocycles. The summed E-state index contributed by atoms with van der Waals surface area (Å²) >= 11 is 0. The van der Waals surface area contributed by atoms with Crippen LogP contribution in [0, 0.1) is 5.82 Å². The van der Waals surface area contributed by atoms with Crippen LogP contribution in [0.25, 0.3) is 6.08 Å². The van der Waals surface area contributed by atoms with Crippen molar-refractivity contribution in [1.29, 1.82) is 0 Å². The van der Waals surface area contributed by atoms with Crippen molar-refractivity contribution >= 4 is 20.2 Å². The van der Waals surface area contributed by atoms with E-state index in [9.17, 15) is 9.18 Å². The smallest absolute Gasteiger partial charge is 0.192 e. The molecule has 0 aliphatic heterocycles. The third-order valence-corrected chi connectivity index (χ3v) is 9.31. The molecule has 0 bridgehead atoms. The highest BCUT2D eigenvalue weighted by atomic mass is 28.4. The van der Waals surface area contributed by atoms with Crippen LogP contribution in [-0.4, -0.2) is 27.3 Å². The predicted octanol–water partition coefficient (Wildman–Crippen LogP) is 4.75. The highest BCUT2D eigenvalue weighted by Gasteiger charge is 2.37. The Labute approximate surface area is 145 Å². The topological polar surface area (TPSA) is 35.5 Å². The number of rotatable bonds is 6. The van der Waals surface area contributed by atoms with E-state index in [0.717, 1.165) is 11.1 Å². The lowest BCUT2D eigenvalue weighted by Gasteiger charge is -2.36. The van der Waals surface area contributed by atoms with Gasteiger partial charge in [-0.25, -0.2) is 4.39 Å². The average Bonchev–Trinajstić information content (AvgIpc) is 2.85. The van der Waals surface area contributed by atoms with E-state index in [0.29, 0.717) is 24.3 Å². The molecule has 0 fully saturated rings. The quantitative estimate of drug-likeness (QED) is 0.694. The number of ketones is 1. The minimum atomic E-state index is -1.82. The van der Waals surface area contributed by atoms with Gasteiger partial charge in [-0.15, -0.1) is 0 Å². The number of ether oxygens (including phenoxy) is 1. The second-order valence-corrected chi connectivity index (χ2v) is 12.8. The molecule has 1 aliphatic carbocycles. The number of Topliss-reactive ketones (excluding diaryl/α,β-unsaturated/α-hetero) is 1. The first kappa shape index (κ1) is 18.9. The van der Waals surface area contributed by atoms with Gasteiger partial charge in [0.15, 0.2) is 14.1 Å². The summed E-state index contributed by atoms with van der Waals surface area (Å²) in [6.07, 6.45) is 2.55. The second-order valence-electron chi connectivity index (χ2n) is 7.99. The number of hydrogen-bond donors (Lipinski definition) is 0. The molecule has 1 aromatic rings. The number of carbonyl (C=O) groups excluding carboxylic acids is 1. The molecule has 2 rings (SSSR count). The van der Waals surface area contributed by atoms with Crippen molar-refractivity contribution in [1.82, 2.24) is 0 Å². The summed E-state index contributed by atoms with van der Waals surface area (Å²) in [5.41, 5.74) is 2.58. The van der Waals surface area contributed by atoms with E-state index in [1.54, 1.807) is 6.07 Å². The van der Waals surface area contributed by atoms with Crippen LogP contribution in [0.5, 0.6) is 5.75 Å². The Hall–Kier alpha value is -1.46. The summed E-state index contributed by atoms with van der Waals surface area (Å²) in [5, 5.41) is 0.151. The average molecular weight is 351 g/mol. The number of fused-ring (bicyclic) bond motifs is 1. The zero-order valence-electron chi connectivity index (χ0n) is 15.5. The summed E-state index contributed by atoms with van der Waals surface area (Å²) in [6.45, 7) is 13.0. The molecule has 0 N–H and O–H groups in total. The van der Waals surface area contributed by atoms with E-state index in [-0.39, 0.29) is 23.2 Å². The van der Waals surface area contributed by atoms with Gasteiger partial charge in [-0.1, -0.05) is 26.8 Å². The third kappa shape index (κ3) is 4.33. The molecule has 0 atom stereocenters. The fourth-order valence-corrected chi connectivity index (χ4v) is 3.28. The van der Waals surface area contributed by atoms with Crippen molar-refractivity contribution in [3.8, 4) is 5.75 Å². The van der Waals surface area contributed by atoms with Crippen LogP contribution >= 0.6 is 0 Å². The molecule has 0 radical (unpaired) electrons. The van der Waals surface area contributed by atoms with Crippen LogP contribution in [0.15, 0.2) is 17.7 Å². The van der Waals surface area contributed by atoms with Crippen molar-refractivity contribution in [3.63, 3.8) is 0 Å². The number of benzene rings is 1. The van der Waals surface area contributed by atoms with E-state index in [2.05, 4.69) is 33.9 Å². The van der Waals surface area contributed by atoms with E-state index < -0.39 is 8.32 Å². The van der Waals surface area contributed by atoms with Crippen LogP contribution in [0.1, 0.15) is 38.8 Å². The number of hydrogen-bond acceptors (Lipinski definition) is 3. The largest absolute Gasteiger partial charge is 0.486 e. The molecule has 132 valence electrons. The molecule has 0 amide bonds.